The maximum absolute atomic E-state index is 13.5. The molecule has 168 valence electrons. The van der Waals surface area contributed by atoms with Crippen molar-refractivity contribution >= 4 is 45.0 Å². The van der Waals surface area contributed by atoms with E-state index in [1.165, 1.54) is 11.3 Å². The molecule has 9 heteroatoms. The largest absolute Gasteiger partial charge is 0.497 e. The number of aromatic nitrogens is 1. The Morgan fingerprint density at radius 3 is 2.26 bits per heavy atom. The van der Waals surface area contributed by atoms with Gasteiger partial charge in [-0.25, -0.2) is 4.98 Å². The molecule has 0 aliphatic heterocycles. The van der Waals surface area contributed by atoms with Crippen LogP contribution in [-0.4, -0.2) is 63.8 Å². The summed E-state index contributed by atoms with van der Waals surface area (Å²) in [6.07, 6.45) is 0. The van der Waals surface area contributed by atoms with Gasteiger partial charge < -0.3 is 19.1 Å². The molecule has 0 saturated carbocycles. The van der Waals surface area contributed by atoms with Gasteiger partial charge in [-0.3, -0.25) is 9.69 Å². The summed E-state index contributed by atoms with van der Waals surface area (Å²) in [6, 6.07) is 11.0. The Kier molecular flexibility index (Phi) is 8.91. The van der Waals surface area contributed by atoms with Gasteiger partial charge in [0, 0.05) is 24.7 Å². The van der Waals surface area contributed by atoms with Gasteiger partial charge in [-0.2, -0.15) is 0 Å². The van der Waals surface area contributed by atoms with E-state index >= 15 is 0 Å². The molecule has 1 heterocycles. The first-order valence-corrected chi connectivity index (χ1v) is 10.5. The number of hydrogen-bond acceptors (Lipinski definition) is 7. The first-order chi connectivity index (χ1) is 14.4. The molecular formula is C22H28ClN3O4S. The van der Waals surface area contributed by atoms with Gasteiger partial charge in [-0.15, -0.1) is 12.4 Å². The van der Waals surface area contributed by atoms with Crippen molar-refractivity contribution in [1.82, 2.24) is 9.88 Å². The summed E-state index contributed by atoms with van der Waals surface area (Å²) in [6.45, 7) is 3.76. The van der Waals surface area contributed by atoms with Gasteiger partial charge in [0.2, 0.25) is 0 Å². The average Bonchev–Trinajstić information content (AvgIpc) is 3.16. The summed E-state index contributed by atoms with van der Waals surface area (Å²) in [5.41, 5.74) is 1.32. The lowest BCUT2D eigenvalue weighted by Gasteiger charge is -2.22. The van der Waals surface area contributed by atoms with E-state index in [2.05, 4.69) is 0 Å². The van der Waals surface area contributed by atoms with Gasteiger partial charge >= 0.3 is 0 Å². The third kappa shape index (κ3) is 6.00. The number of nitrogens with zero attached hydrogens (tertiary/aromatic N) is 3. The van der Waals surface area contributed by atoms with Gasteiger partial charge in [0.05, 0.1) is 31.0 Å². The summed E-state index contributed by atoms with van der Waals surface area (Å²) in [7, 11) is 7.08. The number of halogens is 1. The molecule has 3 aromatic rings. The fourth-order valence-electron chi connectivity index (χ4n) is 2.94. The van der Waals surface area contributed by atoms with Gasteiger partial charge in [-0.1, -0.05) is 11.3 Å². The molecular weight excluding hydrogens is 438 g/mol. The fraction of sp³-hybridized carbons (Fsp3) is 0.364. The van der Waals surface area contributed by atoms with Gasteiger partial charge in [-0.05, 0) is 51.4 Å². The Morgan fingerprint density at radius 1 is 1.00 bits per heavy atom. The summed E-state index contributed by atoms with van der Waals surface area (Å²) in [5.74, 6) is 1.77. The molecule has 0 N–H and O–H groups in total. The molecule has 0 bridgehead atoms. The summed E-state index contributed by atoms with van der Waals surface area (Å²) < 4.78 is 17.2. The van der Waals surface area contributed by atoms with Gasteiger partial charge in [0.1, 0.15) is 17.2 Å². The molecule has 0 unspecified atom stereocenters. The summed E-state index contributed by atoms with van der Waals surface area (Å²) >= 11 is 1.47. The second-order valence-electron chi connectivity index (χ2n) is 6.92. The number of likely N-dealkylation sites (N-methyl/N-ethyl adjacent to an activating group) is 1. The van der Waals surface area contributed by atoms with Crippen LogP contribution in [0.1, 0.15) is 17.3 Å². The molecule has 7 nitrogen and oxygen atoms in total. The van der Waals surface area contributed by atoms with Crippen molar-refractivity contribution in [3.8, 4) is 17.2 Å². The van der Waals surface area contributed by atoms with E-state index in [4.69, 9.17) is 19.2 Å². The lowest BCUT2D eigenvalue weighted by atomic mass is 10.1. The van der Waals surface area contributed by atoms with Crippen LogP contribution < -0.4 is 19.1 Å². The highest BCUT2D eigenvalue weighted by molar-refractivity contribution is 7.22. The first kappa shape index (κ1) is 24.7. The highest BCUT2D eigenvalue weighted by Crippen LogP contribution is 2.33. The zero-order chi connectivity index (χ0) is 21.7. The van der Waals surface area contributed by atoms with Crippen molar-refractivity contribution in [3.63, 3.8) is 0 Å². The Morgan fingerprint density at radius 2 is 1.68 bits per heavy atom. The Bertz CT molecular complexity index is 1000. The van der Waals surface area contributed by atoms with Crippen LogP contribution in [0.5, 0.6) is 17.2 Å². The molecule has 0 radical (unpaired) electrons. The SMILES string of the molecule is CCOc1ccc2nc(N(CCN(C)C)C(=O)c3cc(OC)cc(OC)c3)sc2c1.Cl. The highest BCUT2D eigenvalue weighted by atomic mass is 35.5. The number of anilines is 1. The molecule has 2 aromatic carbocycles. The van der Waals surface area contributed by atoms with Crippen molar-refractivity contribution in [2.45, 2.75) is 6.92 Å². The predicted molar refractivity (Wildman–Crippen MR) is 128 cm³/mol. The van der Waals surface area contributed by atoms with E-state index in [9.17, 15) is 4.79 Å². The molecule has 0 spiro atoms. The fourth-order valence-corrected chi connectivity index (χ4v) is 3.95. The average molecular weight is 466 g/mol. The van der Waals surface area contributed by atoms with E-state index < -0.39 is 0 Å². The number of carbonyl (C=O) groups is 1. The van der Waals surface area contributed by atoms with Crippen LogP contribution in [0.2, 0.25) is 0 Å². The van der Waals surface area contributed by atoms with Crippen molar-refractivity contribution in [2.75, 3.05) is 52.9 Å². The molecule has 3 rings (SSSR count). The Hall–Kier alpha value is -2.55. The summed E-state index contributed by atoms with van der Waals surface area (Å²) in [5, 5.41) is 0.646. The minimum Gasteiger partial charge on any atom is -0.497 e. The third-order valence-electron chi connectivity index (χ3n) is 4.50. The zero-order valence-corrected chi connectivity index (χ0v) is 20.0. The number of hydrogen-bond donors (Lipinski definition) is 0. The van der Waals surface area contributed by atoms with E-state index in [0.29, 0.717) is 41.9 Å². The van der Waals surface area contributed by atoms with E-state index in [-0.39, 0.29) is 18.3 Å². The molecule has 0 fully saturated rings. The first-order valence-electron chi connectivity index (χ1n) is 9.68. The number of amides is 1. The van der Waals surface area contributed by atoms with Crippen LogP contribution in [-0.2, 0) is 0 Å². The van der Waals surface area contributed by atoms with Crippen molar-refractivity contribution in [1.29, 1.82) is 0 Å². The molecule has 0 atom stereocenters. The van der Waals surface area contributed by atoms with Crippen LogP contribution in [0.25, 0.3) is 10.2 Å². The maximum atomic E-state index is 13.5. The maximum Gasteiger partial charge on any atom is 0.260 e. The van der Waals surface area contributed by atoms with Gasteiger partial charge in [0.25, 0.3) is 5.91 Å². The zero-order valence-electron chi connectivity index (χ0n) is 18.4. The van der Waals surface area contributed by atoms with Crippen LogP contribution in [0, 0.1) is 0 Å². The number of thiazole rings is 1. The minimum absolute atomic E-state index is 0. The standard InChI is InChI=1S/C22H27N3O4S.ClH/c1-6-29-16-7-8-19-20(14-16)30-22(23-19)25(10-9-24(2)3)21(26)15-11-17(27-4)13-18(12-15)28-5;/h7-8,11-14H,6,9-10H2,1-5H3;1H. The Balaban J connectivity index is 0.00000341. The van der Waals surface area contributed by atoms with E-state index in [0.717, 1.165) is 16.0 Å². The summed E-state index contributed by atoms with van der Waals surface area (Å²) in [4.78, 5) is 21.9. The number of ether oxygens (including phenoxy) is 3. The third-order valence-corrected chi connectivity index (χ3v) is 5.55. The smallest absolute Gasteiger partial charge is 0.260 e. The number of fused-ring (bicyclic) bond motifs is 1. The predicted octanol–water partition coefficient (Wildman–Crippen LogP) is 4.34. The number of methoxy groups -OCH3 is 2. The van der Waals surface area contributed by atoms with Crippen molar-refractivity contribution < 1.29 is 19.0 Å². The molecule has 1 amide bonds. The van der Waals surface area contributed by atoms with Crippen LogP contribution in [0.4, 0.5) is 5.13 Å². The number of rotatable bonds is 9. The van der Waals surface area contributed by atoms with E-state index in [1.807, 2.05) is 44.1 Å². The molecule has 1 aromatic heterocycles. The second-order valence-corrected chi connectivity index (χ2v) is 7.93. The second kappa shape index (κ2) is 11.2. The highest BCUT2D eigenvalue weighted by Gasteiger charge is 2.23. The monoisotopic (exact) mass is 465 g/mol. The minimum atomic E-state index is -0.155. The topological polar surface area (TPSA) is 64.1 Å². The Labute approximate surface area is 192 Å². The van der Waals surface area contributed by atoms with Crippen LogP contribution in [0.3, 0.4) is 0 Å². The van der Waals surface area contributed by atoms with E-state index in [1.54, 1.807) is 37.3 Å². The number of carbonyl (C=O) groups excluding carboxylic acids is 1. The van der Waals surface area contributed by atoms with Crippen LogP contribution >= 0.6 is 23.7 Å². The lowest BCUT2D eigenvalue weighted by molar-refractivity contribution is 0.0984. The quantitative estimate of drug-likeness (QED) is 0.468. The molecule has 31 heavy (non-hydrogen) atoms. The normalized spacial score (nSPS) is 10.6. The van der Waals surface area contributed by atoms with Crippen LogP contribution in [0.15, 0.2) is 36.4 Å². The lowest BCUT2D eigenvalue weighted by Crippen LogP contribution is -2.36. The van der Waals surface area contributed by atoms with Crippen molar-refractivity contribution in [2.24, 2.45) is 0 Å². The molecule has 0 aliphatic carbocycles. The molecule has 0 saturated heterocycles. The number of benzene rings is 2. The molecule has 0 aliphatic rings. The van der Waals surface area contributed by atoms with Gasteiger partial charge in [0.15, 0.2) is 5.13 Å². The van der Waals surface area contributed by atoms with Crippen molar-refractivity contribution in [3.05, 3.63) is 42.0 Å².